The molecule has 0 bridgehead atoms. The second kappa shape index (κ2) is 9.22. The van der Waals surface area contributed by atoms with E-state index in [1.165, 1.54) is 18.9 Å². The summed E-state index contributed by atoms with van der Waals surface area (Å²) in [5.74, 6) is -2.05. The number of esters is 1. The van der Waals surface area contributed by atoms with E-state index in [-0.39, 0.29) is 5.56 Å². The zero-order valence-corrected chi connectivity index (χ0v) is 15.7. The molecule has 0 spiro atoms. The number of nitrogens with one attached hydrogen (secondary N) is 1. The first kappa shape index (κ1) is 21.9. The Labute approximate surface area is 165 Å². The average molecular weight is 408 g/mol. The maximum atomic E-state index is 12.5. The minimum atomic E-state index is -4.51. The highest BCUT2D eigenvalue weighted by Crippen LogP contribution is 2.29. The summed E-state index contributed by atoms with van der Waals surface area (Å²) in [5, 5.41) is 2.24. The van der Waals surface area contributed by atoms with E-state index in [9.17, 15) is 27.6 Å². The molecule has 0 aliphatic carbocycles. The van der Waals surface area contributed by atoms with Gasteiger partial charge in [-0.2, -0.15) is 13.2 Å². The molecule has 154 valence electrons. The number of carbonyl (C=O) groups excluding carboxylic acids is 3. The molecule has 1 N–H and O–H groups in total. The zero-order chi connectivity index (χ0) is 21.6. The van der Waals surface area contributed by atoms with Crippen LogP contribution in [0.3, 0.4) is 0 Å². The smallest absolute Gasteiger partial charge is 0.416 e. The summed E-state index contributed by atoms with van der Waals surface area (Å²) in [6.45, 7) is 0.865. The van der Waals surface area contributed by atoms with E-state index in [1.54, 1.807) is 30.3 Å². The Morgan fingerprint density at radius 2 is 1.62 bits per heavy atom. The van der Waals surface area contributed by atoms with Crippen LogP contribution in [0.15, 0.2) is 54.6 Å². The second-order valence-electron chi connectivity index (χ2n) is 6.12. The number of halogens is 3. The maximum Gasteiger partial charge on any atom is 0.416 e. The number of ether oxygens (including phenoxy) is 1. The van der Waals surface area contributed by atoms with Crippen molar-refractivity contribution in [1.82, 2.24) is 5.32 Å². The van der Waals surface area contributed by atoms with Crippen LogP contribution in [-0.4, -0.2) is 37.5 Å². The SMILES string of the molecule is C[C@H](OC(=O)CNC(=O)c1ccc(C(F)(F)F)cc1)C(=O)N(C)c1ccccc1. The van der Waals surface area contributed by atoms with Crippen LogP contribution < -0.4 is 10.2 Å². The van der Waals surface area contributed by atoms with Gasteiger partial charge in [-0.15, -0.1) is 0 Å². The van der Waals surface area contributed by atoms with Gasteiger partial charge in [0.25, 0.3) is 11.8 Å². The maximum absolute atomic E-state index is 12.5. The molecule has 0 radical (unpaired) electrons. The normalized spacial score (nSPS) is 12.0. The van der Waals surface area contributed by atoms with E-state index in [0.717, 1.165) is 24.3 Å². The lowest BCUT2D eigenvalue weighted by atomic mass is 10.1. The Bertz CT molecular complexity index is 868. The number of amides is 2. The van der Waals surface area contributed by atoms with E-state index < -0.39 is 42.2 Å². The fourth-order valence-electron chi connectivity index (χ4n) is 2.41. The number of carbonyl (C=O) groups is 3. The Morgan fingerprint density at radius 1 is 1.03 bits per heavy atom. The van der Waals surface area contributed by atoms with Gasteiger partial charge in [0.1, 0.15) is 6.54 Å². The number of nitrogens with zero attached hydrogens (tertiary/aromatic N) is 1. The van der Waals surface area contributed by atoms with Crippen LogP contribution >= 0.6 is 0 Å². The standard InChI is InChI=1S/C20H19F3N2O4/c1-13(19(28)25(2)16-6-4-3-5-7-16)29-17(26)12-24-18(27)14-8-10-15(11-9-14)20(21,22)23/h3-11,13H,12H2,1-2H3,(H,24,27)/t13-/m0/s1. The molecule has 29 heavy (non-hydrogen) atoms. The van der Waals surface area contributed by atoms with Crippen molar-refractivity contribution < 1.29 is 32.3 Å². The van der Waals surface area contributed by atoms with Gasteiger partial charge in [0.15, 0.2) is 6.10 Å². The Morgan fingerprint density at radius 3 is 2.17 bits per heavy atom. The van der Waals surface area contributed by atoms with Crippen molar-refractivity contribution in [3.05, 3.63) is 65.7 Å². The summed E-state index contributed by atoms with van der Waals surface area (Å²) in [6, 6.07) is 12.3. The van der Waals surface area contributed by atoms with Gasteiger partial charge in [0.05, 0.1) is 5.56 Å². The Hall–Kier alpha value is -3.36. The van der Waals surface area contributed by atoms with Crippen molar-refractivity contribution in [2.75, 3.05) is 18.5 Å². The number of rotatable bonds is 6. The Kier molecular flexibility index (Phi) is 6.98. The zero-order valence-electron chi connectivity index (χ0n) is 15.7. The molecule has 0 heterocycles. The molecule has 0 saturated heterocycles. The molecular formula is C20H19F3N2O4. The van der Waals surface area contributed by atoms with Gasteiger partial charge >= 0.3 is 12.1 Å². The van der Waals surface area contributed by atoms with Crippen LogP contribution in [0.4, 0.5) is 18.9 Å². The van der Waals surface area contributed by atoms with Crippen LogP contribution in [0.2, 0.25) is 0 Å². The van der Waals surface area contributed by atoms with Crippen molar-refractivity contribution in [2.24, 2.45) is 0 Å². The molecule has 2 aromatic rings. The largest absolute Gasteiger partial charge is 0.451 e. The van der Waals surface area contributed by atoms with Crippen molar-refractivity contribution in [3.8, 4) is 0 Å². The van der Waals surface area contributed by atoms with Crippen molar-refractivity contribution in [2.45, 2.75) is 19.2 Å². The number of alkyl halides is 3. The number of para-hydroxylation sites is 1. The third kappa shape index (κ3) is 6.06. The summed E-state index contributed by atoms with van der Waals surface area (Å²) in [6.07, 6.45) is -5.59. The van der Waals surface area contributed by atoms with Gasteiger partial charge in [0, 0.05) is 18.3 Å². The molecule has 0 unspecified atom stereocenters. The molecule has 0 fully saturated rings. The average Bonchev–Trinajstić information content (AvgIpc) is 2.71. The number of hydrogen-bond acceptors (Lipinski definition) is 4. The van der Waals surface area contributed by atoms with Gasteiger partial charge in [-0.25, -0.2) is 0 Å². The third-order valence-electron chi connectivity index (χ3n) is 4.00. The lowest BCUT2D eigenvalue weighted by Crippen LogP contribution is -2.39. The highest BCUT2D eigenvalue weighted by atomic mass is 19.4. The van der Waals surface area contributed by atoms with E-state index in [4.69, 9.17) is 4.74 Å². The predicted octanol–water partition coefficient (Wildman–Crippen LogP) is 3.03. The highest BCUT2D eigenvalue weighted by Gasteiger charge is 2.30. The van der Waals surface area contributed by atoms with Gasteiger partial charge < -0.3 is 15.0 Å². The van der Waals surface area contributed by atoms with Crippen LogP contribution in [0.5, 0.6) is 0 Å². The summed E-state index contributed by atoms with van der Waals surface area (Å²) >= 11 is 0. The van der Waals surface area contributed by atoms with E-state index in [2.05, 4.69) is 5.32 Å². The molecule has 2 amide bonds. The molecule has 6 nitrogen and oxygen atoms in total. The van der Waals surface area contributed by atoms with Gasteiger partial charge in [-0.1, -0.05) is 18.2 Å². The number of hydrogen-bond donors (Lipinski definition) is 1. The van der Waals surface area contributed by atoms with Gasteiger partial charge in [0.2, 0.25) is 0 Å². The topological polar surface area (TPSA) is 75.7 Å². The number of anilines is 1. The molecule has 2 aromatic carbocycles. The Balaban J connectivity index is 1.85. The predicted molar refractivity (Wildman–Crippen MR) is 99.2 cm³/mol. The van der Waals surface area contributed by atoms with E-state index in [1.807, 2.05) is 0 Å². The number of benzene rings is 2. The lowest BCUT2D eigenvalue weighted by molar-refractivity contribution is -0.152. The molecule has 0 aliphatic heterocycles. The molecule has 1 atom stereocenters. The van der Waals surface area contributed by atoms with Crippen molar-refractivity contribution in [3.63, 3.8) is 0 Å². The molecule has 9 heteroatoms. The van der Waals surface area contributed by atoms with Gasteiger partial charge in [-0.05, 0) is 43.3 Å². The van der Waals surface area contributed by atoms with Crippen molar-refractivity contribution >= 4 is 23.5 Å². The monoisotopic (exact) mass is 408 g/mol. The van der Waals surface area contributed by atoms with Crippen molar-refractivity contribution in [1.29, 1.82) is 0 Å². The van der Waals surface area contributed by atoms with Gasteiger partial charge in [-0.3, -0.25) is 14.4 Å². The minimum Gasteiger partial charge on any atom is -0.451 e. The first-order chi connectivity index (χ1) is 13.6. The first-order valence-electron chi connectivity index (χ1n) is 8.57. The lowest BCUT2D eigenvalue weighted by Gasteiger charge is -2.21. The molecule has 0 aliphatic rings. The summed E-state index contributed by atoms with van der Waals surface area (Å²) in [4.78, 5) is 37.5. The molecule has 2 rings (SSSR count). The molecular weight excluding hydrogens is 389 g/mol. The fraction of sp³-hybridized carbons (Fsp3) is 0.250. The highest BCUT2D eigenvalue weighted by molar-refractivity contribution is 5.98. The summed E-state index contributed by atoms with van der Waals surface area (Å²) in [7, 11) is 1.54. The summed E-state index contributed by atoms with van der Waals surface area (Å²) < 4.78 is 42.6. The van der Waals surface area contributed by atoms with Crippen LogP contribution in [-0.2, 0) is 20.5 Å². The molecule has 0 aromatic heterocycles. The molecule has 0 saturated carbocycles. The second-order valence-corrected chi connectivity index (χ2v) is 6.12. The van der Waals surface area contributed by atoms with Crippen LogP contribution in [0.25, 0.3) is 0 Å². The van der Waals surface area contributed by atoms with E-state index in [0.29, 0.717) is 5.69 Å². The quantitative estimate of drug-likeness (QED) is 0.746. The third-order valence-corrected chi connectivity index (χ3v) is 4.00. The van der Waals surface area contributed by atoms with Crippen LogP contribution in [0.1, 0.15) is 22.8 Å². The van der Waals surface area contributed by atoms with E-state index >= 15 is 0 Å². The fourth-order valence-corrected chi connectivity index (χ4v) is 2.41. The minimum absolute atomic E-state index is 0.0428. The van der Waals surface area contributed by atoms with Crippen LogP contribution in [0, 0.1) is 0 Å². The first-order valence-corrected chi connectivity index (χ1v) is 8.57. The number of likely N-dealkylation sites (N-methyl/N-ethyl adjacent to an activating group) is 1. The summed E-state index contributed by atoms with van der Waals surface area (Å²) in [5.41, 5.74) is -0.307.